The van der Waals surface area contributed by atoms with Crippen LogP contribution < -0.4 is 10.6 Å². The van der Waals surface area contributed by atoms with Gasteiger partial charge in [0.25, 0.3) is 17.5 Å². The Morgan fingerprint density at radius 1 is 0.971 bits per heavy atom. The van der Waals surface area contributed by atoms with E-state index in [4.69, 9.17) is 11.6 Å². The van der Waals surface area contributed by atoms with Crippen LogP contribution in [0.15, 0.2) is 78.2 Å². The molecule has 0 aliphatic rings. The Morgan fingerprint density at radius 3 is 2.44 bits per heavy atom. The predicted molar refractivity (Wildman–Crippen MR) is 131 cm³/mol. The summed E-state index contributed by atoms with van der Waals surface area (Å²) in [6, 6.07) is 19.8. The number of benzene rings is 3. The fourth-order valence-electron chi connectivity index (χ4n) is 3.15. The average molecular weight is 493 g/mol. The molecule has 8 nitrogen and oxygen atoms in total. The van der Waals surface area contributed by atoms with Gasteiger partial charge < -0.3 is 10.6 Å². The first kappa shape index (κ1) is 23.1. The van der Waals surface area contributed by atoms with Gasteiger partial charge in [-0.2, -0.15) is 0 Å². The summed E-state index contributed by atoms with van der Waals surface area (Å²) in [6.45, 7) is 0.221. The maximum absolute atomic E-state index is 12.8. The van der Waals surface area contributed by atoms with Crippen molar-refractivity contribution < 1.29 is 14.5 Å². The molecule has 1 heterocycles. The fourth-order valence-corrected chi connectivity index (χ4v) is 4.24. The van der Waals surface area contributed by atoms with Gasteiger partial charge in [0.1, 0.15) is 5.01 Å². The lowest BCUT2D eigenvalue weighted by Gasteiger charge is -2.12. The minimum atomic E-state index is -0.599. The first-order valence-corrected chi connectivity index (χ1v) is 11.3. The lowest BCUT2D eigenvalue weighted by atomic mass is 10.1. The van der Waals surface area contributed by atoms with Gasteiger partial charge in [-0.25, -0.2) is 4.98 Å². The summed E-state index contributed by atoms with van der Waals surface area (Å²) in [5, 5.41) is 19.0. The summed E-state index contributed by atoms with van der Waals surface area (Å²) in [7, 11) is 0. The molecular formula is C24H17ClN4O4S. The van der Waals surface area contributed by atoms with Gasteiger partial charge in [-0.15, -0.1) is 11.3 Å². The Morgan fingerprint density at radius 2 is 1.71 bits per heavy atom. The van der Waals surface area contributed by atoms with E-state index in [0.29, 0.717) is 0 Å². The van der Waals surface area contributed by atoms with Crippen LogP contribution in [-0.2, 0) is 6.54 Å². The molecule has 0 unspecified atom stereocenters. The largest absolute Gasteiger partial charge is 0.346 e. The number of nitro benzene ring substituents is 1. The summed E-state index contributed by atoms with van der Waals surface area (Å²) < 4.78 is 0. The summed E-state index contributed by atoms with van der Waals surface area (Å²) in [6.07, 6.45) is 0. The van der Waals surface area contributed by atoms with Crippen molar-refractivity contribution in [1.82, 2.24) is 10.3 Å². The topological polar surface area (TPSA) is 114 Å². The normalized spacial score (nSPS) is 10.5. The molecule has 170 valence electrons. The quantitative estimate of drug-likeness (QED) is 0.259. The van der Waals surface area contributed by atoms with Gasteiger partial charge in [-0.05, 0) is 18.2 Å². The van der Waals surface area contributed by atoms with Crippen LogP contribution in [-0.4, -0.2) is 21.7 Å². The van der Waals surface area contributed by atoms with E-state index in [1.54, 1.807) is 24.3 Å². The lowest BCUT2D eigenvalue weighted by molar-refractivity contribution is -0.384. The zero-order valence-corrected chi connectivity index (χ0v) is 19.1. The van der Waals surface area contributed by atoms with E-state index in [9.17, 15) is 19.7 Å². The number of anilines is 1. The van der Waals surface area contributed by atoms with Crippen molar-refractivity contribution in [1.29, 1.82) is 0 Å². The molecule has 2 amide bonds. The second kappa shape index (κ2) is 10.2. The van der Waals surface area contributed by atoms with Crippen molar-refractivity contribution in [2.75, 3.05) is 5.32 Å². The molecule has 2 N–H and O–H groups in total. The molecule has 1 aromatic heterocycles. The van der Waals surface area contributed by atoms with Gasteiger partial charge in [-0.1, -0.05) is 54.1 Å². The van der Waals surface area contributed by atoms with Gasteiger partial charge in [0.2, 0.25) is 0 Å². The van der Waals surface area contributed by atoms with Crippen LogP contribution in [0.1, 0.15) is 26.4 Å². The minimum Gasteiger partial charge on any atom is -0.346 e. The molecule has 0 spiro atoms. The number of thiazole rings is 1. The van der Waals surface area contributed by atoms with Gasteiger partial charge >= 0.3 is 0 Å². The molecule has 4 aromatic rings. The molecule has 0 atom stereocenters. The highest BCUT2D eigenvalue weighted by Crippen LogP contribution is 2.25. The van der Waals surface area contributed by atoms with Crippen molar-refractivity contribution >= 4 is 46.1 Å². The fraction of sp³-hybridized carbons (Fsp3) is 0.0417. The van der Waals surface area contributed by atoms with Crippen molar-refractivity contribution in [2.24, 2.45) is 0 Å². The Hall–Kier alpha value is -4.08. The highest BCUT2D eigenvalue weighted by atomic mass is 35.5. The van der Waals surface area contributed by atoms with Gasteiger partial charge in [-0.3, -0.25) is 19.7 Å². The van der Waals surface area contributed by atoms with Gasteiger partial charge in [0, 0.05) is 23.1 Å². The molecule has 10 heteroatoms. The zero-order chi connectivity index (χ0) is 24.1. The smallest absolute Gasteiger partial charge is 0.270 e. The molecule has 0 aliphatic carbocycles. The number of hydrogen-bond donors (Lipinski definition) is 2. The zero-order valence-electron chi connectivity index (χ0n) is 17.5. The number of nitro groups is 1. The van der Waals surface area contributed by atoms with E-state index in [-0.39, 0.29) is 40.0 Å². The Labute approximate surface area is 203 Å². The van der Waals surface area contributed by atoms with Crippen LogP contribution in [0.25, 0.3) is 10.6 Å². The number of rotatable bonds is 7. The highest BCUT2D eigenvalue weighted by Gasteiger charge is 2.18. The van der Waals surface area contributed by atoms with E-state index in [0.717, 1.165) is 22.3 Å². The molecule has 0 bridgehead atoms. The van der Waals surface area contributed by atoms with Crippen LogP contribution in [0.5, 0.6) is 0 Å². The van der Waals surface area contributed by atoms with E-state index >= 15 is 0 Å². The average Bonchev–Trinajstić information content (AvgIpc) is 3.32. The van der Waals surface area contributed by atoms with E-state index in [1.807, 2.05) is 35.7 Å². The number of carbonyl (C=O) groups excluding carboxylic acids is 2. The molecule has 0 fully saturated rings. The second-order valence-corrected chi connectivity index (χ2v) is 8.38. The highest BCUT2D eigenvalue weighted by molar-refractivity contribution is 7.13. The number of halogens is 1. The number of carbonyl (C=O) groups is 2. The number of non-ortho nitro benzene ring substituents is 1. The molecule has 0 radical (unpaired) electrons. The number of nitrogens with zero attached hydrogens (tertiary/aromatic N) is 2. The first-order valence-electron chi connectivity index (χ1n) is 10.0. The van der Waals surface area contributed by atoms with Crippen LogP contribution in [0, 0.1) is 10.1 Å². The van der Waals surface area contributed by atoms with E-state index in [1.165, 1.54) is 23.5 Å². The summed E-state index contributed by atoms with van der Waals surface area (Å²) in [5.74, 6) is -0.980. The van der Waals surface area contributed by atoms with Crippen molar-refractivity contribution in [3.8, 4) is 10.6 Å². The molecular weight excluding hydrogens is 476 g/mol. The predicted octanol–water partition coefficient (Wildman–Crippen LogP) is 5.55. The monoisotopic (exact) mass is 492 g/mol. The molecule has 3 aromatic carbocycles. The molecule has 0 saturated heterocycles. The van der Waals surface area contributed by atoms with Crippen LogP contribution in [0.3, 0.4) is 0 Å². The molecule has 0 aliphatic heterocycles. The second-order valence-electron chi connectivity index (χ2n) is 7.11. The molecule has 34 heavy (non-hydrogen) atoms. The van der Waals surface area contributed by atoms with Crippen LogP contribution in [0.2, 0.25) is 5.02 Å². The maximum atomic E-state index is 12.8. The Kier molecular flexibility index (Phi) is 6.95. The molecule has 4 rings (SSSR count). The van der Waals surface area contributed by atoms with Crippen LogP contribution in [0.4, 0.5) is 11.4 Å². The lowest BCUT2D eigenvalue weighted by Crippen LogP contribution is -2.25. The number of hydrogen-bond acceptors (Lipinski definition) is 6. The van der Waals surface area contributed by atoms with Gasteiger partial charge in [0.05, 0.1) is 39.0 Å². The van der Waals surface area contributed by atoms with Crippen LogP contribution >= 0.6 is 22.9 Å². The maximum Gasteiger partial charge on any atom is 0.270 e. The Bertz CT molecular complexity index is 1370. The number of amides is 2. The van der Waals surface area contributed by atoms with Gasteiger partial charge in [0.15, 0.2) is 0 Å². The van der Waals surface area contributed by atoms with Crippen molar-refractivity contribution in [3.63, 3.8) is 0 Å². The van der Waals surface area contributed by atoms with Crippen molar-refractivity contribution in [2.45, 2.75) is 6.54 Å². The van der Waals surface area contributed by atoms with Crippen molar-refractivity contribution in [3.05, 3.63) is 110 Å². The third-order valence-electron chi connectivity index (χ3n) is 4.83. The summed E-state index contributed by atoms with van der Waals surface area (Å²) in [4.78, 5) is 40.4. The minimum absolute atomic E-state index is 0.0541. The number of aromatic nitrogens is 1. The third kappa shape index (κ3) is 5.28. The molecule has 0 saturated carbocycles. The third-order valence-corrected chi connectivity index (χ3v) is 6.08. The number of nitrogens with one attached hydrogen (secondary N) is 2. The first-order chi connectivity index (χ1) is 16.4. The standard InChI is InChI=1S/C24H17ClN4O4S/c25-20-12-17(29(32)33)10-11-18(20)23(31)28-21-9-5-4-8-19(21)22(30)26-13-16-14-34-24(27-16)15-6-2-1-3-7-15/h1-12,14H,13H2,(H,26,30)(H,28,31). The summed E-state index contributed by atoms with van der Waals surface area (Å²) in [5.41, 5.74) is 2.09. The SMILES string of the molecule is O=C(Nc1ccccc1C(=O)NCc1csc(-c2ccccc2)n1)c1ccc([N+](=O)[O-])cc1Cl. The summed E-state index contributed by atoms with van der Waals surface area (Å²) >= 11 is 7.54. The van der Waals surface area contributed by atoms with E-state index < -0.39 is 10.8 Å². The number of para-hydroxylation sites is 1. The van der Waals surface area contributed by atoms with E-state index in [2.05, 4.69) is 15.6 Å². The Balaban J connectivity index is 1.45.